The topological polar surface area (TPSA) is 21.8 Å². The highest BCUT2D eigenvalue weighted by Gasteiger charge is 2.24. The van der Waals surface area contributed by atoms with Crippen molar-refractivity contribution < 1.29 is 4.39 Å². The maximum Gasteiger partial charge on any atom is 0.123 e. The molecular weight excluding hydrogens is 303 g/mol. The third kappa shape index (κ3) is 3.09. The number of nitrogens with zero attached hydrogens (tertiary/aromatic N) is 3. The maximum atomic E-state index is 13.2. The van der Waals surface area contributed by atoms with Gasteiger partial charge < -0.3 is 15.1 Å². The molecule has 2 heterocycles. The molecule has 0 radical (unpaired) electrons. The molecule has 24 heavy (non-hydrogen) atoms. The quantitative estimate of drug-likeness (QED) is 0.936. The molecule has 0 aliphatic carbocycles. The minimum Gasteiger partial charge on any atom is -0.355 e. The second-order valence-corrected chi connectivity index (χ2v) is 6.39. The second kappa shape index (κ2) is 6.79. The van der Waals surface area contributed by atoms with Gasteiger partial charge in [0.05, 0.1) is 18.0 Å². The van der Waals surface area contributed by atoms with Crippen LogP contribution in [0.5, 0.6) is 0 Å². The van der Waals surface area contributed by atoms with Crippen LogP contribution in [0.2, 0.25) is 0 Å². The largest absolute Gasteiger partial charge is 0.355 e. The van der Waals surface area contributed by atoms with Crippen LogP contribution in [0, 0.1) is 5.82 Å². The number of hydrogen-bond acceptors (Lipinski definition) is 4. The molecule has 2 aliphatic heterocycles. The molecule has 0 atom stereocenters. The summed E-state index contributed by atoms with van der Waals surface area (Å²) in [6.45, 7) is 7.18. The van der Waals surface area contributed by atoms with Crippen molar-refractivity contribution in [3.8, 4) is 0 Å². The van der Waals surface area contributed by atoms with Crippen molar-refractivity contribution in [1.82, 2.24) is 10.2 Å². The van der Waals surface area contributed by atoms with Gasteiger partial charge in [0.1, 0.15) is 5.82 Å². The second-order valence-electron chi connectivity index (χ2n) is 6.39. The van der Waals surface area contributed by atoms with Crippen molar-refractivity contribution in [3.63, 3.8) is 0 Å². The van der Waals surface area contributed by atoms with E-state index in [0.717, 1.165) is 51.6 Å². The summed E-state index contributed by atoms with van der Waals surface area (Å²) in [5.74, 6) is -0.190. The van der Waals surface area contributed by atoms with Crippen LogP contribution in [0.3, 0.4) is 0 Å². The molecule has 0 aromatic heterocycles. The van der Waals surface area contributed by atoms with Crippen LogP contribution in [0.4, 0.5) is 21.5 Å². The fourth-order valence-electron chi connectivity index (χ4n) is 3.55. The number of rotatable bonds is 3. The third-order valence-electron chi connectivity index (χ3n) is 4.83. The summed E-state index contributed by atoms with van der Waals surface area (Å²) < 4.78 is 13.2. The number of halogens is 1. The Balaban J connectivity index is 1.59. The molecule has 126 valence electrons. The van der Waals surface area contributed by atoms with Crippen molar-refractivity contribution in [1.29, 1.82) is 0 Å². The van der Waals surface area contributed by atoms with E-state index in [1.54, 1.807) is 0 Å². The number of hydrogen-bond donors (Lipinski definition) is 1. The average Bonchev–Trinajstić information content (AvgIpc) is 2.64. The first-order chi connectivity index (χ1) is 11.8. The first kappa shape index (κ1) is 15.4. The summed E-state index contributed by atoms with van der Waals surface area (Å²) >= 11 is 0. The molecule has 2 aromatic carbocycles. The van der Waals surface area contributed by atoms with Gasteiger partial charge in [0.2, 0.25) is 0 Å². The Bertz CT molecular complexity index is 682. The lowest BCUT2D eigenvalue weighted by Gasteiger charge is -2.41. The monoisotopic (exact) mass is 326 g/mol. The maximum absolute atomic E-state index is 13.2. The summed E-state index contributed by atoms with van der Waals surface area (Å²) in [6.07, 6.45) is 0. The zero-order valence-corrected chi connectivity index (χ0v) is 13.8. The van der Waals surface area contributed by atoms with Gasteiger partial charge in [-0.3, -0.25) is 4.90 Å². The number of nitrogens with one attached hydrogen (secondary N) is 1. The average molecular weight is 326 g/mol. The van der Waals surface area contributed by atoms with E-state index in [9.17, 15) is 4.39 Å². The Morgan fingerprint density at radius 3 is 2.29 bits per heavy atom. The first-order valence-electron chi connectivity index (χ1n) is 8.61. The Labute approximate surface area is 142 Å². The number of piperazine rings is 1. The summed E-state index contributed by atoms with van der Waals surface area (Å²) in [7, 11) is 0. The van der Waals surface area contributed by atoms with E-state index in [2.05, 4.69) is 44.3 Å². The van der Waals surface area contributed by atoms with Gasteiger partial charge in [0, 0.05) is 45.0 Å². The molecule has 5 heteroatoms. The minimum absolute atomic E-state index is 0.190. The van der Waals surface area contributed by atoms with Gasteiger partial charge in [-0.15, -0.1) is 0 Å². The van der Waals surface area contributed by atoms with Crippen molar-refractivity contribution in [3.05, 3.63) is 54.3 Å². The highest BCUT2D eigenvalue weighted by Crippen LogP contribution is 2.37. The standard InChI is InChI=1S/C19H23FN4/c20-16-5-7-17(8-6-16)24-14-13-23(15-22-11-9-21-10-12-22)18-3-1-2-4-19(18)24/h1-8,21H,9-15H2. The van der Waals surface area contributed by atoms with Crippen LogP contribution in [-0.2, 0) is 0 Å². The zero-order chi connectivity index (χ0) is 16.4. The zero-order valence-electron chi connectivity index (χ0n) is 13.8. The number of fused-ring (bicyclic) bond motifs is 1. The predicted octanol–water partition coefficient (Wildman–Crippen LogP) is 2.65. The third-order valence-corrected chi connectivity index (χ3v) is 4.83. The lowest BCUT2D eigenvalue weighted by molar-refractivity contribution is 0.240. The van der Waals surface area contributed by atoms with Crippen LogP contribution >= 0.6 is 0 Å². The molecule has 1 N–H and O–H groups in total. The molecule has 0 spiro atoms. The molecule has 2 aromatic rings. The molecule has 0 amide bonds. The molecular formula is C19H23FN4. The van der Waals surface area contributed by atoms with Gasteiger partial charge in [-0.25, -0.2) is 4.39 Å². The Kier molecular flexibility index (Phi) is 4.36. The van der Waals surface area contributed by atoms with E-state index in [1.807, 2.05) is 12.1 Å². The van der Waals surface area contributed by atoms with Gasteiger partial charge in [-0.2, -0.15) is 0 Å². The predicted molar refractivity (Wildman–Crippen MR) is 96.5 cm³/mol. The number of benzene rings is 2. The molecule has 0 saturated carbocycles. The number of anilines is 3. The molecule has 4 rings (SSSR count). The van der Waals surface area contributed by atoms with Crippen LogP contribution in [0.15, 0.2) is 48.5 Å². The molecule has 0 unspecified atom stereocenters. The van der Waals surface area contributed by atoms with Gasteiger partial charge in [0.25, 0.3) is 0 Å². The van der Waals surface area contributed by atoms with E-state index in [1.165, 1.54) is 23.5 Å². The summed E-state index contributed by atoms with van der Waals surface area (Å²) in [5, 5.41) is 3.41. The number of para-hydroxylation sites is 2. The Hall–Kier alpha value is -2.11. The summed E-state index contributed by atoms with van der Waals surface area (Å²) in [6, 6.07) is 15.3. The van der Waals surface area contributed by atoms with E-state index in [-0.39, 0.29) is 5.82 Å². The van der Waals surface area contributed by atoms with Gasteiger partial charge in [0.15, 0.2) is 0 Å². The Morgan fingerprint density at radius 1 is 0.833 bits per heavy atom. The van der Waals surface area contributed by atoms with Crippen LogP contribution in [-0.4, -0.2) is 50.8 Å². The van der Waals surface area contributed by atoms with Crippen molar-refractivity contribution >= 4 is 17.1 Å². The molecule has 4 nitrogen and oxygen atoms in total. The summed E-state index contributed by atoms with van der Waals surface area (Å²) in [5.41, 5.74) is 3.50. The van der Waals surface area contributed by atoms with Crippen molar-refractivity contribution in [2.24, 2.45) is 0 Å². The lowest BCUT2D eigenvalue weighted by atomic mass is 10.1. The normalized spacial score (nSPS) is 18.5. The smallest absolute Gasteiger partial charge is 0.123 e. The van der Waals surface area contributed by atoms with Crippen molar-refractivity contribution in [2.75, 3.05) is 55.7 Å². The fourth-order valence-corrected chi connectivity index (χ4v) is 3.55. The Morgan fingerprint density at radius 2 is 1.54 bits per heavy atom. The van der Waals surface area contributed by atoms with E-state index < -0.39 is 0 Å². The molecule has 0 bridgehead atoms. The van der Waals surface area contributed by atoms with E-state index >= 15 is 0 Å². The SMILES string of the molecule is Fc1ccc(N2CCN(CN3CCNCC3)c3ccccc32)cc1. The minimum atomic E-state index is -0.190. The van der Waals surface area contributed by atoms with Crippen LogP contribution in [0.25, 0.3) is 0 Å². The highest BCUT2D eigenvalue weighted by atomic mass is 19.1. The molecule has 1 fully saturated rings. The first-order valence-corrected chi connectivity index (χ1v) is 8.61. The van der Waals surface area contributed by atoms with Crippen molar-refractivity contribution in [2.45, 2.75) is 0 Å². The van der Waals surface area contributed by atoms with Gasteiger partial charge in [-0.05, 0) is 36.4 Å². The fraction of sp³-hybridized carbons (Fsp3) is 0.368. The van der Waals surface area contributed by atoms with E-state index in [4.69, 9.17) is 0 Å². The van der Waals surface area contributed by atoms with Gasteiger partial charge in [-0.1, -0.05) is 12.1 Å². The van der Waals surface area contributed by atoms with Crippen LogP contribution < -0.4 is 15.1 Å². The molecule has 2 aliphatic rings. The summed E-state index contributed by atoms with van der Waals surface area (Å²) in [4.78, 5) is 7.24. The van der Waals surface area contributed by atoms with Gasteiger partial charge >= 0.3 is 0 Å². The highest BCUT2D eigenvalue weighted by molar-refractivity contribution is 5.79. The molecule has 1 saturated heterocycles. The lowest BCUT2D eigenvalue weighted by Crippen LogP contribution is -2.50. The van der Waals surface area contributed by atoms with Crippen LogP contribution in [0.1, 0.15) is 0 Å². The van der Waals surface area contributed by atoms with E-state index in [0.29, 0.717) is 0 Å².